The molecule has 0 unspecified atom stereocenters. The van der Waals surface area contributed by atoms with Crippen molar-refractivity contribution in [2.45, 2.75) is 6.92 Å². The number of allylic oxidation sites excluding steroid dienone is 4. The second-order valence-electron chi connectivity index (χ2n) is 4.76. The molecule has 1 aromatic carbocycles. The first-order valence-corrected chi connectivity index (χ1v) is 6.74. The molecule has 0 bridgehead atoms. The summed E-state index contributed by atoms with van der Waals surface area (Å²) < 4.78 is 2.14. The standard InChI is InChI=1S/C19H20N/c1-4-9-16(2)13-14-17-10-5-6-11-18(17)19-12-7-8-15-20(19)3/h4-15H,1H2,2-3H3/q+1/b14-13+,16-9+. The van der Waals surface area contributed by atoms with Crippen molar-refractivity contribution >= 4 is 6.08 Å². The SMILES string of the molecule is C=C/C=C(C)/C=C/c1ccccc1-c1cccc[n+]1C. The van der Waals surface area contributed by atoms with Gasteiger partial charge in [0.2, 0.25) is 5.69 Å². The van der Waals surface area contributed by atoms with Gasteiger partial charge in [-0.1, -0.05) is 54.7 Å². The van der Waals surface area contributed by atoms with E-state index in [2.05, 4.69) is 79.9 Å². The molecule has 100 valence electrons. The van der Waals surface area contributed by atoms with E-state index < -0.39 is 0 Å². The molecule has 0 aliphatic heterocycles. The fraction of sp³-hybridized carbons (Fsp3) is 0.105. The maximum Gasteiger partial charge on any atom is 0.212 e. The van der Waals surface area contributed by atoms with Crippen LogP contribution in [0.4, 0.5) is 0 Å². The Bertz CT molecular complexity index is 663. The molecule has 1 heteroatoms. The molecule has 0 saturated heterocycles. The van der Waals surface area contributed by atoms with Crippen LogP contribution in [0, 0.1) is 0 Å². The van der Waals surface area contributed by atoms with Crippen molar-refractivity contribution in [3.8, 4) is 11.3 Å². The van der Waals surface area contributed by atoms with E-state index >= 15 is 0 Å². The highest BCUT2D eigenvalue weighted by molar-refractivity contribution is 5.72. The normalized spacial score (nSPS) is 11.8. The molecule has 0 N–H and O–H groups in total. The molecular weight excluding hydrogens is 242 g/mol. The zero-order valence-electron chi connectivity index (χ0n) is 12.1. The lowest BCUT2D eigenvalue weighted by molar-refractivity contribution is -0.660. The minimum absolute atomic E-state index is 1.19. The first-order chi connectivity index (χ1) is 9.72. The summed E-state index contributed by atoms with van der Waals surface area (Å²) in [5, 5.41) is 0. The molecule has 0 radical (unpaired) electrons. The largest absolute Gasteiger partial charge is 0.212 e. The molecule has 1 heterocycles. The lowest BCUT2D eigenvalue weighted by Gasteiger charge is -2.04. The first-order valence-electron chi connectivity index (χ1n) is 6.74. The molecule has 1 nitrogen and oxygen atoms in total. The van der Waals surface area contributed by atoms with Crippen molar-refractivity contribution in [3.05, 3.63) is 84.6 Å². The maximum atomic E-state index is 3.72. The van der Waals surface area contributed by atoms with Crippen LogP contribution in [0.5, 0.6) is 0 Å². The number of hydrogen-bond donors (Lipinski definition) is 0. The molecule has 0 spiro atoms. The number of hydrogen-bond acceptors (Lipinski definition) is 0. The number of aromatic nitrogens is 1. The lowest BCUT2D eigenvalue weighted by atomic mass is 10.0. The van der Waals surface area contributed by atoms with Crippen LogP contribution in [-0.2, 0) is 7.05 Å². The number of rotatable bonds is 4. The fourth-order valence-electron chi connectivity index (χ4n) is 2.14. The van der Waals surface area contributed by atoms with E-state index in [1.54, 1.807) is 0 Å². The van der Waals surface area contributed by atoms with Gasteiger partial charge in [-0.2, -0.15) is 0 Å². The van der Waals surface area contributed by atoms with Gasteiger partial charge in [0.05, 0.1) is 5.56 Å². The highest BCUT2D eigenvalue weighted by Crippen LogP contribution is 2.21. The van der Waals surface area contributed by atoms with Gasteiger partial charge in [0.25, 0.3) is 0 Å². The number of nitrogens with zero attached hydrogens (tertiary/aromatic N) is 1. The maximum absolute atomic E-state index is 3.72. The Morgan fingerprint density at radius 2 is 1.85 bits per heavy atom. The van der Waals surface area contributed by atoms with Gasteiger partial charge in [0.1, 0.15) is 7.05 Å². The van der Waals surface area contributed by atoms with Crippen molar-refractivity contribution in [2.24, 2.45) is 7.05 Å². The average Bonchev–Trinajstić information content (AvgIpc) is 2.46. The van der Waals surface area contributed by atoms with Gasteiger partial charge in [0, 0.05) is 12.1 Å². The molecule has 0 atom stereocenters. The fourth-order valence-corrected chi connectivity index (χ4v) is 2.14. The molecule has 20 heavy (non-hydrogen) atoms. The Morgan fingerprint density at radius 3 is 2.60 bits per heavy atom. The third kappa shape index (κ3) is 3.33. The molecule has 0 fully saturated rings. The monoisotopic (exact) mass is 262 g/mol. The van der Waals surface area contributed by atoms with Gasteiger partial charge in [-0.05, 0) is 24.6 Å². The predicted molar refractivity (Wildman–Crippen MR) is 86.0 cm³/mol. The first kappa shape index (κ1) is 14.0. The molecule has 2 aromatic rings. The Kier molecular flexibility index (Phi) is 4.67. The van der Waals surface area contributed by atoms with Crippen molar-refractivity contribution in [3.63, 3.8) is 0 Å². The van der Waals surface area contributed by atoms with Crippen LogP contribution in [0.25, 0.3) is 17.3 Å². The van der Waals surface area contributed by atoms with Crippen LogP contribution in [0.1, 0.15) is 12.5 Å². The second kappa shape index (κ2) is 6.67. The van der Waals surface area contributed by atoms with Crippen LogP contribution in [0.2, 0.25) is 0 Å². The third-order valence-corrected chi connectivity index (χ3v) is 3.20. The second-order valence-corrected chi connectivity index (χ2v) is 4.76. The highest BCUT2D eigenvalue weighted by atomic mass is 14.9. The van der Waals surface area contributed by atoms with Crippen LogP contribution >= 0.6 is 0 Å². The van der Waals surface area contributed by atoms with Gasteiger partial charge in [-0.25, -0.2) is 4.57 Å². The quantitative estimate of drug-likeness (QED) is 0.570. The summed E-state index contributed by atoms with van der Waals surface area (Å²) in [6.45, 7) is 5.79. The van der Waals surface area contributed by atoms with Crippen LogP contribution in [0.3, 0.4) is 0 Å². The highest BCUT2D eigenvalue weighted by Gasteiger charge is 2.10. The Morgan fingerprint density at radius 1 is 1.10 bits per heavy atom. The van der Waals surface area contributed by atoms with E-state index in [0.29, 0.717) is 0 Å². The smallest absolute Gasteiger partial charge is 0.201 e. The van der Waals surface area contributed by atoms with Crippen molar-refractivity contribution in [2.75, 3.05) is 0 Å². The van der Waals surface area contributed by atoms with Crippen molar-refractivity contribution in [1.82, 2.24) is 0 Å². The summed E-state index contributed by atoms with van der Waals surface area (Å²) in [7, 11) is 2.07. The molecule has 0 amide bonds. The zero-order valence-corrected chi connectivity index (χ0v) is 12.1. The Hall–Kier alpha value is -2.41. The van der Waals surface area contributed by atoms with Crippen LogP contribution in [-0.4, -0.2) is 0 Å². The topological polar surface area (TPSA) is 3.88 Å². The van der Waals surface area contributed by atoms with Gasteiger partial charge >= 0.3 is 0 Å². The molecule has 2 rings (SSSR count). The van der Waals surface area contributed by atoms with Crippen LogP contribution < -0.4 is 4.57 Å². The Balaban J connectivity index is 2.44. The van der Waals surface area contributed by atoms with Gasteiger partial charge in [-0.3, -0.25) is 0 Å². The number of benzene rings is 1. The van der Waals surface area contributed by atoms with Crippen molar-refractivity contribution < 1.29 is 4.57 Å². The van der Waals surface area contributed by atoms with Crippen molar-refractivity contribution in [1.29, 1.82) is 0 Å². The van der Waals surface area contributed by atoms with E-state index in [0.717, 1.165) is 0 Å². The molecular formula is C19H20N+. The number of aryl methyl sites for hydroxylation is 1. The molecule has 0 saturated carbocycles. The summed E-state index contributed by atoms with van der Waals surface area (Å²) in [6.07, 6.45) is 10.1. The van der Waals surface area contributed by atoms with Gasteiger partial charge in [-0.15, -0.1) is 0 Å². The molecule has 0 aliphatic rings. The Labute approximate surface area is 121 Å². The summed E-state index contributed by atoms with van der Waals surface area (Å²) in [5.41, 5.74) is 4.84. The average molecular weight is 262 g/mol. The van der Waals surface area contributed by atoms with Crippen LogP contribution in [0.15, 0.2) is 79.0 Å². The van der Waals surface area contributed by atoms with E-state index in [-0.39, 0.29) is 0 Å². The number of pyridine rings is 1. The summed E-state index contributed by atoms with van der Waals surface area (Å²) in [5.74, 6) is 0. The summed E-state index contributed by atoms with van der Waals surface area (Å²) in [6, 6.07) is 14.7. The van der Waals surface area contributed by atoms with E-state index in [1.165, 1.54) is 22.4 Å². The third-order valence-electron chi connectivity index (χ3n) is 3.20. The lowest BCUT2D eigenvalue weighted by Crippen LogP contribution is -2.30. The zero-order chi connectivity index (χ0) is 14.4. The van der Waals surface area contributed by atoms with E-state index in [4.69, 9.17) is 0 Å². The minimum Gasteiger partial charge on any atom is -0.201 e. The van der Waals surface area contributed by atoms with E-state index in [9.17, 15) is 0 Å². The predicted octanol–water partition coefficient (Wildman–Crippen LogP) is 4.32. The van der Waals surface area contributed by atoms with Gasteiger partial charge < -0.3 is 0 Å². The minimum atomic E-state index is 1.19. The van der Waals surface area contributed by atoms with E-state index in [1.807, 2.05) is 18.2 Å². The summed E-state index contributed by atoms with van der Waals surface area (Å²) >= 11 is 0. The summed E-state index contributed by atoms with van der Waals surface area (Å²) in [4.78, 5) is 0. The van der Waals surface area contributed by atoms with Gasteiger partial charge in [0.15, 0.2) is 6.20 Å². The molecule has 1 aromatic heterocycles. The molecule has 0 aliphatic carbocycles.